The second kappa shape index (κ2) is 9.39. The lowest BCUT2D eigenvalue weighted by Gasteiger charge is -2.14. The third kappa shape index (κ3) is 5.58. The van der Waals surface area contributed by atoms with Gasteiger partial charge in [-0.1, -0.05) is 54.2 Å². The van der Waals surface area contributed by atoms with E-state index in [1.807, 2.05) is 24.3 Å². The monoisotopic (exact) mass is 371 g/mol. The molecule has 0 aliphatic heterocycles. The lowest BCUT2D eigenvalue weighted by molar-refractivity contribution is 0.302. The first-order chi connectivity index (χ1) is 11.1. The molecule has 0 aliphatic rings. The maximum Gasteiger partial charge on any atom is 0.124 e. The number of hydrogen-bond acceptors (Lipinski definition) is 2. The average Bonchev–Trinajstić information content (AvgIpc) is 2.52. The van der Waals surface area contributed by atoms with Crippen molar-refractivity contribution >= 4 is 34.8 Å². The molecule has 0 radical (unpaired) electrons. The molecule has 2 rings (SSSR count). The van der Waals surface area contributed by atoms with Crippen molar-refractivity contribution in [3.8, 4) is 5.75 Å². The fraction of sp³-hybridized carbons (Fsp3) is 0.333. The molecule has 0 amide bonds. The van der Waals surface area contributed by atoms with E-state index in [1.165, 1.54) is 0 Å². The van der Waals surface area contributed by atoms with Gasteiger partial charge < -0.3 is 10.1 Å². The normalized spacial score (nSPS) is 10.8. The zero-order valence-electron chi connectivity index (χ0n) is 13.0. The van der Waals surface area contributed by atoms with E-state index < -0.39 is 0 Å². The van der Waals surface area contributed by atoms with Gasteiger partial charge in [0.1, 0.15) is 12.4 Å². The average molecular weight is 373 g/mol. The molecule has 23 heavy (non-hydrogen) atoms. The van der Waals surface area contributed by atoms with E-state index in [4.69, 9.17) is 39.5 Å². The Morgan fingerprint density at radius 2 is 1.78 bits per heavy atom. The van der Waals surface area contributed by atoms with Gasteiger partial charge in [0.2, 0.25) is 0 Å². The van der Waals surface area contributed by atoms with Gasteiger partial charge in [0.25, 0.3) is 0 Å². The zero-order chi connectivity index (χ0) is 16.7. The van der Waals surface area contributed by atoms with Gasteiger partial charge in [-0.2, -0.15) is 0 Å². The summed E-state index contributed by atoms with van der Waals surface area (Å²) in [6.07, 6.45) is 2.31. The van der Waals surface area contributed by atoms with E-state index in [0.29, 0.717) is 28.2 Å². The minimum absolute atomic E-state index is 0.322. The van der Waals surface area contributed by atoms with Gasteiger partial charge in [-0.15, -0.1) is 0 Å². The van der Waals surface area contributed by atoms with Crippen LogP contribution in [-0.4, -0.2) is 6.54 Å². The largest absolute Gasteiger partial charge is 0.488 e. The van der Waals surface area contributed by atoms with Crippen molar-refractivity contribution in [2.24, 2.45) is 0 Å². The van der Waals surface area contributed by atoms with Gasteiger partial charge in [-0.3, -0.25) is 0 Å². The molecule has 0 atom stereocenters. The van der Waals surface area contributed by atoms with E-state index in [-0.39, 0.29) is 0 Å². The Morgan fingerprint density at radius 1 is 1.04 bits per heavy atom. The SMILES string of the molecule is CCCCNCc1cc(Cl)ccc1OCc1c(Cl)cccc1Cl. The van der Waals surface area contributed by atoms with Gasteiger partial charge in [0, 0.05) is 32.7 Å². The molecule has 1 N–H and O–H groups in total. The molecule has 0 fully saturated rings. The predicted molar refractivity (Wildman–Crippen MR) is 98.9 cm³/mol. The molecule has 2 aromatic rings. The molecule has 0 spiro atoms. The maximum absolute atomic E-state index is 6.18. The van der Waals surface area contributed by atoms with Crippen molar-refractivity contribution in [1.82, 2.24) is 5.32 Å². The molecule has 5 heteroatoms. The third-order valence-corrected chi connectivity index (χ3v) is 4.42. The van der Waals surface area contributed by atoms with Crippen molar-refractivity contribution < 1.29 is 4.74 Å². The highest BCUT2D eigenvalue weighted by molar-refractivity contribution is 6.35. The Bertz CT molecular complexity index is 626. The highest BCUT2D eigenvalue weighted by Crippen LogP contribution is 2.28. The van der Waals surface area contributed by atoms with Crippen LogP contribution in [0.3, 0.4) is 0 Å². The smallest absolute Gasteiger partial charge is 0.124 e. The first-order valence-electron chi connectivity index (χ1n) is 7.66. The van der Waals surface area contributed by atoms with Gasteiger partial charge >= 0.3 is 0 Å². The molecule has 0 aliphatic carbocycles. The number of rotatable bonds is 8. The number of benzene rings is 2. The maximum atomic E-state index is 6.18. The van der Waals surface area contributed by atoms with E-state index in [2.05, 4.69) is 12.2 Å². The summed E-state index contributed by atoms with van der Waals surface area (Å²) in [6.45, 7) is 4.18. The molecule has 124 valence electrons. The van der Waals surface area contributed by atoms with E-state index in [0.717, 1.165) is 36.3 Å². The van der Waals surface area contributed by atoms with Crippen molar-refractivity contribution in [3.05, 3.63) is 62.6 Å². The molecule has 0 saturated carbocycles. The highest BCUT2D eigenvalue weighted by Gasteiger charge is 2.09. The number of unbranched alkanes of at least 4 members (excludes halogenated alkanes) is 1. The van der Waals surface area contributed by atoms with Crippen molar-refractivity contribution in [2.75, 3.05) is 6.54 Å². The zero-order valence-corrected chi connectivity index (χ0v) is 15.3. The topological polar surface area (TPSA) is 21.3 Å². The summed E-state index contributed by atoms with van der Waals surface area (Å²) < 4.78 is 5.93. The summed E-state index contributed by atoms with van der Waals surface area (Å²) in [5, 5.41) is 5.31. The van der Waals surface area contributed by atoms with E-state index >= 15 is 0 Å². The summed E-state index contributed by atoms with van der Waals surface area (Å²) in [5.41, 5.74) is 1.81. The Balaban J connectivity index is 2.07. The fourth-order valence-electron chi connectivity index (χ4n) is 2.17. The molecule has 0 aromatic heterocycles. The van der Waals surface area contributed by atoms with E-state index in [1.54, 1.807) is 12.1 Å². The van der Waals surface area contributed by atoms with Crippen LogP contribution in [0.4, 0.5) is 0 Å². The number of halogens is 3. The number of hydrogen-bond donors (Lipinski definition) is 1. The molecule has 2 aromatic carbocycles. The van der Waals surface area contributed by atoms with Gasteiger partial charge in [-0.25, -0.2) is 0 Å². The second-order valence-corrected chi connectivity index (χ2v) is 6.52. The molecular formula is C18H20Cl3NO. The summed E-state index contributed by atoms with van der Waals surface area (Å²) >= 11 is 18.5. The van der Waals surface area contributed by atoms with E-state index in [9.17, 15) is 0 Å². The summed E-state index contributed by atoms with van der Waals surface area (Å²) in [7, 11) is 0. The van der Waals surface area contributed by atoms with Crippen LogP contribution in [-0.2, 0) is 13.2 Å². The minimum atomic E-state index is 0.322. The highest BCUT2D eigenvalue weighted by atomic mass is 35.5. The minimum Gasteiger partial charge on any atom is -0.488 e. The first kappa shape index (κ1) is 18.4. The number of ether oxygens (including phenoxy) is 1. The van der Waals surface area contributed by atoms with Gasteiger partial charge in [0.05, 0.1) is 0 Å². The Labute approximate surface area is 152 Å². The Morgan fingerprint density at radius 3 is 2.48 bits per heavy atom. The van der Waals surface area contributed by atoms with Gasteiger partial charge in [-0.05, 0) is 43.3 Å². The molecule has 0 bridgehead atoms. The van der Waals surface area contributed by atoms with Crippen LogP contribution in [0, 0.1) is 0 Å². The summed E-state index contributed by atoms with van der Waals surface area (Å²) in [6, 6.07) is 11.1. The van der Waals surface area contributed by atoms with Crippen LogP contribution in [0.2, 0.25) is 15.1 Å². The Hall–Kier alpha value is -0.930. The van der Waals surface area contributed by atoms with Gasteiger partial charge in [0.15, 0.2) is 0 Å². The lowest BCUT2D eigenvalue weighted by Crippen LogP contribution is -2.15. The van der Waals surface area contributed by atoms with Crippen molar-refractivity contribution in [2.45, 2.75) is 32.9 Å². The van der Waals surface area contributed by atoms with Crippen LogP contribution >= 0.6 is 34.8 Å². The van der Waals surface area contributed by atoms with Crippen molar-refractivity contribution in [3.63, 3.8) is 0 Å². The lowest BCUT2D eigenvalue weighted by atomic mass is 10.2. The van der Waals surface area contributed by atoms with Crippen LogP contribution in [0.1, 0.15) is 30.9 Å². The molecular weight excluding hydrogens is 353 g/mol. The molecule has 0 saturated heterocycles. The van der Waals surface area contributed by atoms with Crippen molar-refractivity contribution in [1.29, 1.82) is 0 Å². The first-order valence-corrected chi connectivity index (χ1v) is 8.80. The molecule has 0 unspecified atom stereocenters. The quantitative estimate of drug-likeness (QED) is 0.564. The fourth-order valence-corrected chi connectivity index (χ4v) is 2.87. The summed E-state index contributed by atoms with van der Waals surface area (Å²) in [4.78, 5) is 0. The van der Waals surface area contributed by atoms with Crippen LogP contribution in [0.25, 0.3) is 0 Å². The van der Waals surface area contributed by atoms with Crippen LogP contribution < -0.4 is 10.1 Å². The van der Waals surface area contributed by atoms with Crippen LogP contribution in [0.5, 0.6) is 5.75 Å². The van der Waals surface area contributed by atoms with Crippen LogP contribution in [0.15, 0.2) is 36.4 Å². The Kier molecular flexibility index (Phi) is 7.51. The standard InChI is InChI=1S/C18H20Cl3NO/c1-2-3-9-22-11-13-10-14(19)7-8-18(13)23-12-15-16(20)5-4-6-17(15)21/h4-8,10,22H,2-3,9,11-12H2,1H3. The molecule has 0 heterocycles. The second-order valence-electron chi connectivity index (χ2n) is 5.27. The predicted octanol–water partition coefficient (Wildman–Crippen LogP) is 6.12. The summed E-state index contributed by atoms with van der Waals surface area (Å²) in [5.74, 6) is 0.786. The third-order valence-electron chi connectivity index (χ3n) is 3.48. The molecule has 2 nitrogen and oxygen atoms in total. The number of nitrogens with one attached hydrogen (secondary N) is 1.